The van der Waals surface area contributed by atoms with E-state index in [1.54, 1.807) is 0 Å². The zero-order valence-corrected chi connectivity index (χ0v) is 19.8. The molecule has 176 valence electrons. The van der Waals surface area contributed by atoms with Crippen molar-refractivity contribution in [2.24, 2.45) is 18.9 Å². The van der Waals surface area contributed by atoms with E-state index in [4.69, 9.17) is 10.8 Å². The number of nitrogens with two attached hydrogens (primary N) is 1. The molecule has 0 aromatic carbocycles. The molecule has 3 aromatic heterocycles. The Morgan fingerprint density at radius 3 is 2.61 bits per heavy atom. The second kappa shape index (κ2) is 7.62. The SMILES string of the molecule is CN(C)C[C@@H]1CCCN1c1cc(-c2cn(C(C3CC3)C3CC3)c(=O)c3c(N)n[nH]c23)nn1C. The fourth-order valence-electron chi connectivity index (χ4n) is 5.90. The largest absolute Gasteiger partial charge is 0.382 e. The van der Waals surface area contributed by atoms with Crippen molar-refractivity contribution in [1.29, 1.82) is 0 Å². The molecule has 0 bridgehead atoms. The number of aromatic amines is 1. The highest BCUT2D eigenvalue weighted by atomic mass is 16.1. The van der Waals surface area contributed by atoms with Crippen molar-refractivity contribution < 1.29 is 0 Å². The molecule has 0 amide bonds. The maximum atomic E-state index is 13.5. The first-order valence-corrected chi connectivity index (χ1v) is 12.3. The molecule has 3 fully saturated rings. The van der Waals surface area contributed by atoms with Crippen LogP contribution in [0, 0.1) is 11.8 Å². The van der Waals surface area contributed by atoms with Gasteiger partial charge in [-0.25, -0.2) is 0 Å². The number of fused-ring (bicyclic) bond motifs is 1. The summed E-state index contributed by atoms with van der Waals surface area (Å²) in [6, 6.07) is 2.91. The van der Waals surface area contributed by atoms with Gasteiger partial charge in [0.2, 0.25) is 0 Å². The summed E-state index contributed by atoms with van der Waals surface area (Å²) in [5.74, 6) is 2.60. The van der Waals surface area contributed by atoms with Crippen molar-refractivity contribution >= 4 is 22.5 Å². The topological polar surface area (TPSA) is 101 Å². The molecule has 3 aromatic rings. The van der Waals surface area contributed by atoms with E-state index in [0.29, 0.717) is 28.8 Å². The van der Waals surface area contributed by atoms with Crippen molar-refractivity contribution in [1.82, 2.24) is 29.4 Å². The van der Waals surface area contributed by atoms with Crippen molar-refractivity contribution in [2.45, 2.75) is 50.6 Å². The lowest BCUT2D eigenvalue weighted by Gasteiger charge is -2.28. The molecule has 3 aliphatic rings. The highest BCUT2D eigenvalue weighted by Gasteiger charge is 2.43. The molecule has 2 aliphatic carbocycles. The number of anilines is 2. The molecule has 3 N–H and O–H groups in total. The number of aromatic nitrogens is 5. The minimum absolute atomic E-state index is 0.0226. The summed E-state index contributed by atoms with van der Waals surface area (Å²) in [6.45, 7) is 2.06. The molecule has 0 spiro atoms. The smallest absolute Gasteiger partial charge is 0.264 e. The molecular formula is C24H34N8O. The Labute approximate surface area is 193 Å². The summed E-state index contributed by atoms with van der Waals surface area (Å²) in [6.07, 6.45) is 9.23. The van der Waals surface area contributed by atoms with Gasteiger partial charge in [-0.05, 0) is 64.5 Å². The second-order valence-electron chi connectivity index (χ2n) is 10.5. The Balaban J connectivity index is 1.46. The number of nitrogens with zero attached hydrogens (tertiary/aromatic N) is 6. The minimum atomic E-state index is -0.0226. The summed E-state index contributed by atoms with van der Waals surface area (Å²) >= 11 is 0. The van der Waals surface area contributed by atoms with Gasteiger partial charge in [-0.2, -0.15) is 10.2 Å². The van der Waals surface area contributed by atoms with E-state index in [0.717, 1.165) is 30.2 Å². The molecule has 0 radical (unpaired) electrons. The number of pyridine rings is 1. The van der Waals surface area contributed by atoms with E-state index in [1.165, 1.54) is 38.5 Å². The summed E-state index contributed by atoms with van der Waals surface area (Å²) in [5.41, 5.74) is 8.61. The van der Waals surface area contributed by atoms with Crippen LogP contribution in [0.4, 0.5) is 11.6 Å². The van der Waals surface area contributed by atoms with Crippen LogP contribution in [0.15, 0.2) is 17.1 Å². The molecule has 1 aliphatic heterocycles. The molecule has 6 rings (SSSR count). The average Bonchev–Trinajstić information content (AvgIpc) is 3.67. The zero-order chi connectivity index (χ0) is 22.9. The Morgan fingerprint density at radius 2 is 1.94 bits per heavy atom. The standard InChI is InChI=1S/C24H34N8O/c1-29(2)12-16-5-4-10-31(16)19-11-18(28-30(19)3)17-13-32(22(14-6-7-14)15-8-9-15)24(33)20-21(17)26-27-23(20)25/h11,13-16,22H,4-10,12H2,1-3H3,(H3,25,26,27)/t16-/m0/s1. The van der Waals surface area contributed by atoms with Crippen molar-refractivity contribution in [3.8, 4) is 11.3 Å². The van der Waals surface area contributed by atoms with E-state index in [-0.39, 0.29) is 17.4 Å². The average molecular weight is 451 g/mol. The first kappa shape index (κ1) is 20.8. The normalized spacial score (nSPS) is 21.2. The third kappa shape index (κ3) is 3.53. The number of likely N-dealkylation sites (N-methyl/N-ethyl adjacent to an activating group) is 1. The minimum Gasteiger partial charge on any atom is -0.382 e. The zero-order valence-electron chi connectivity index (χ0n) is 19.8. The van der Waals surface area contributed by atoms with Crippen molar-refractivity contribution in [3.05, 3.63) is 22.6 Å². The number of nitrogens with one attached hydrogen (secondary N) is 1. The summed E-state index contributed by atoms with van der Waals surface area (Å²) in [5, 5.41) is 12.6. The van der Waals surface area contributed by atoms with E-state index < -0.39 is 0 Å². The first-order valence-electron chi connectivity index (χ1n) is 12.3. The van der Waals surface area contributed by atoms with E-state index >= 15 is 0 Å². The Hall–Kier alpha value is -2.81. The van der Waals surface area contributed by atoms with Gasteiger partial charge in [0.05, 0.1) is 11.2 Å². The first-order chi connectivity index (χ1) is 15.9. The number of rotatable bonds is 7. The number of aryl methyl sites for hydroxylation is 1. The van der Waals surface area contributed by atoms with E-state index in [1.807, 2.05) is 22.5 Å². The summed E-state index contributed by atoms with van der Waals surface area (Å²) in [7, 11) is 6.27. The van der Waals surface area contributed by atoms with Crippen LogP contribution in [0.5, 0.6) is 0 Å². The highest BCUT2D eigenvalue weighted by Crippen LogP contribution is 2.52. The predicted molar refractivity (Wildman–Crippen MR) is 130 cm³/mol. The predicted octanol–water partition coefficient (Wildman–Crippen LogP) is 2.60. The summed E-state index contributed by atoms with van der Waals surface area (Å²) in [4.78, 5) is 18.2. The molecule has 9 heteroatoms. The van der Waals surface area contributed by atoms with Gasteiger partial charge in [0.1, 0.15) is 11.2 Å². The molecular weight excluding hydrogens is 416 g/mol. The van der Waals surface area contributed by atoms with Crippen LogP contribution in [0.2, 0.25) is 0 Å². The van der Waals surface area contributed by atoms with Crippen LogP contribution in [0.25, 0.3) is 22.2 Å². The van der Waals surface area contributed by atoms with Crippen LogP contribution in [-0.2, 0) is 7.05 Å². The number of H-pyrrole nitrogens is 1. The van der Waals surface area contributed by atoms with Crippen LogP contribution in [0.1, 0.15) is 44.6 Å². The molecule has 1 atom stereocenters. The lowest BCUT2D eigenvalue weighted by atomic mass is 10.0. The quantitative estimate of drug-likeness (QED) is 0.574. The molecule has 33 heavy (non-hydrogen) atoms. The van der Waals surface area contributed by atoms with Crippen LogP contribution < -0.4 is 16.2 Å². The van der Waals surface area contributed by atoms with Gasteiger partial charge in [-0.1, -0.05) is 0 Å². The molecule has 1 saturated heterocycles. The molecule has 4 heterocycles. The monoisotopic (exact) mass is 450 g/mol. The Morgan fingerprint density at radius 1 is 1.21 bits per heavy atom. The number of nitrogen functional groups attached to an aromatic ring is 1. The maximum Gasteiger partial charge on any atom is 0.264 e. The van der Waals surface area contributed by atoms with Crippen molar-refractivity contribution in [2.75, 3.05) is 37.8 Å². The van der Waals surface area contributed by atoms with Crippen LogP contribution in [-0.4, -0.2) is 62.7 Å². The van der Waals surface area contributed by atoms with Crippen molar-refractivity contribution in [3.63, 3.8) is 0 Å². The maximum absolute atomic E-state index is 13.5. The Kier molecular flexibility index (Phi) is 4.79. The van der Waals surface area contributed by atoms with Gasteiger partial charge in [-0.3, -0.25) is 14.6 Å². The van der Waals surface area contributed by atoms with Gasteiger partial charge in [0, 0.05) is 50.0 Å². The number of hydrogen-bond acceptors (Lipinski definition) is 6. The van der Waals surface area contributed by atoms with Gasteiger partial charge < -0.3 is 20.1 Å². The third-order valence-corrected chi connectivity index (χ3v) is 7.69. The summed E-state index contributed by atoms with van der Waals surface area (Å²) < 4.78 is 3.95. The van der Waals surface area contributed by atoms with Gasteiger partial charge in [0.25, 0.3) is 5.56 Å². The fraction of sp³-hybridized carbons (Fsp3) is 0.625. The van der Waals surface area contributed by atoms with Gasteiger partial charge in [-0.15, -0.1) is 0 Å². The van der Waals surface area contributed by atoms with Crippen LogP contribution in [0.3, 0.4) is 0 Å². The molecule has 0 unspecified atom stereocenters. The third-order valence-electron chi connectivity index (χ3n) is 7.69. The number of hydrogen-bond donors (Lipinski definition) is 2. The fourth-order valence-corrected chi connectivity index (χ4v) is 5.90. The highest BCUT2D eigenvalue weighted by molar-refractivity contribution is 5.97. The lowest BCUT2D eigenvalue weighted by molar-refractivity contribution is 0.370. The second-order valence-corrected chi connectivity index (χ2v) is 10.5. The van der Waals surface area contributed by atoms with E-state index in [2.05, 4.69) is 40.2 Å². The van der Waals surface area contributed by atoms with E-state index in [9.17, 15) is 4.79 Å². The molecule has 2 saturated carbocycles. The van der Waals surface area contributed by atoms with Gasteiger partial charge >= 0.3 is 0 Å². The van der Waals surface area contributed by atoms with Crippen LogP contribution >= 0.6 is 0 Å². The lowest BCUT2D eigenvalue weighted by Crippen LogP contribution is -2.38. The van der Waals surface area contributed by atoms with Gasteiger partial charge in [0.15, 0.2) is 5.82 Å². The molecule has 9 nitrogen and oxygen atoms in total. The Bertz CT molecular complexity index is 1230.